The van der Waals surface area contributed by atoms with Gasteiger partial charge in [0.05, 0.1) is 6.54 Å². The van der Waals surface area contributed by atoms with Crippen molar-refractivity contribution in [1.82, 2.24) is 9.97 Å². The topological polar surface area (TPSA) is 41.1 Å². The first kappa shape index (κ1) is 13.8. The highest BCUT2D eigenvalue weighted by atomic mass is 79.9. The molecule has 2 rings (SSSR count). The van der Waals surface area contributed by atoms with Crippen LogP contribution in [0.3, 0.4) is 0 Å². The molecular formula is C11H12Br2N4S. The van der Waals surface area contributed by atoms with Crippen molar-refractivity contribution in [1.29, 1.82) is 0 Å². The summed E-state index contributed by atoms with van der Waals surface area (Å²) in [5.74, 6) is 1.66. The van der Waals surface area contributed by atoms with Crippen molar-refractivity contribution in [3.8, 4) is 0 Å². The molecule has 96 valence electrons. The summed E-state index contributed by atoms with van der Waals surface area (Å²) in [5, 5.41) is 5.11. The van der Waals surface area contributed by atoms with E-state index in [1.165, 1.54) is 4.88 Å². The minimum atomic E-state index is 0.791. The van der Waals surface area contributed by atoms with Crippen molar-refractivity contribution in [2.45, 2.75) is 6.54 Å². The lowest BCUT2D eigenvalue weighted by Crippen LogP contribution is -2.18. The molecule has 7 heteroatoms. The third-order valence-corrected chi connectivity index (χ3v) is 4.80. The molecule has 0 aliphatic carbocycles. The van der Waals surface area contributed by atoms with E-state index >= 15 is 0 Å². The molecule has 1 N–H and O–H groups in total. The third kappa shape index (κ3) is 3.02. The number of hydrogen-bond acceptors (Lipinski definition) is 5. The SMILES string of the molecule is CNc1ncnc(N(C)Cc2cc(Br)cs2)c1Br. The Morgan fingerprint density at radius 1 is 1.39 bits per heavy atom. The Bertz CT molecular complexity index is 544. The van der Waals surface area contributed by atoms with Crippen LogP contribution in [0.15, 0.2) is 26.7 Å². The first-order valence-corrected chi connectivity index (χ1v) is 7.70. The van der Waals surface area contributed by atoms with Crippen LogP contribution in [0.5, 0.6) is 0 Å². The molecule has 0 atom stereocenters. The van der Waals surface area contributed by atoms with Crippen LogP contribution in [0, 0.1) is 0 Å². The summed E-state index contributed by atoms with van der Waals surface area (Å²) in [6, 6.07) is 2.12. The standard InChI is InChI=1S/C11H12Br2N4S/c1-14-10-9(13)11(16-6-15-10)17(2)4-8-3-7(12)5-18-8/h3,5-6H,4H2,1-2H3,(H,14,15,16). The summed E-state index contributed by atoms with van der Waals surface area (Å²) < 4.78 is 2.00. The van der Waals surface area contributed by atoms with E-state index in [0.29, 0.717) is 0 Å². The second kappa shape index (κ2) is 5.99. The highest BCUT2D eigenvalue weighted by molar-refractivity contribution is 9.11. The largest absolute Gasteiger partial charge is 0.372 e. The highest BCUT2D eigenvalue weighted by Gasteiger charge is 2.12. The number of anilines is 2. The molecular weight excluding hydrogens is 380 g/mol. The molecule has 0 fully saturated rings. The van der Waals surface area contributed by atoms with Gasteiger partial charge in [-0.3, -0.25) is 0 Å². The summed E-state index contributed by atoms with van der Waals surface area (Å²) in [5.41, 5.74) is 0. The fraction of sp³-hybridized carbons (Fsp3) is 0.273. The summed E-state index contributed by atoms with van der Waals surface area (Å²) in [6.07, 6.45) is 1.56. The molecule has 0 aliphatic rings. The Morgan fingerprint density at radius 2 is 2.17 bits per heavy atom. The number of aromatic nitrogens is 2. The minimum Gasteiger partial charge on any atom is -0.372 e. The van der Waals surface area contributed by atoms with Crippen LogP contribution in [0.1, 0.15) is 4.88 Å². The van der Waals surface area contributed by atoms with E-state index in [1.807, 2.05) is 14.1 Å². The molecule has 0 spiro atoms. The van der Waals surface area contributed by atoms with Crippen molar-refractivity contribution >= 4 is 54.8 Å². The number of thiophene rings is 1. The number of nitrogens with zero attached hydrogens (tertiary/aromatic N) is 3. The maximum absolute atomic E-state index is 4.31. The van der Waals surface area contributed by atoms with Crippen LogP contribution >= 0.6 is 43.2 Å². The zero-order valence-electron chi connectivity index (χ0n) is 9.94. The van der Waals surface area contributed by atoms with Gasteiger partial charge in [0.25, 0.3) is 0 Å². The predicted molar refractivity (Wildman–Crippen MR) is 83.4 cm³/mol. The normalized spacial score (nSPS) is 10.4. The van der Waals surface area contributed by atoms with Gasteiger partial charge in [0.2, 0.25) is 0 Å². The van der Waals surface area contributed by atoms with Crippen molar-refractivity contribution in [3.63, 3.8) is 0 Å². The Morgan fingerprint density at radius 3 is 2.78 bits per heavy atom. The van der Waals surface area contributed by atoms with E-state index in [9.17, 15) is 0 Å². The van der Waals surface area contributed by atoms with Crippen LogP contribution < -0.4 is 10.2 Å². The van der Waals surface area contributed by atoms with Gasteiger partial charge in [-0.2, -0.15) is 0 Å². The molecule has 0 aromatic carbocycles. The second-order valence-corrected chi connectivity index (χ2v) is 6.40. The summed E-state index contributed by atoms with van der Waals surface area (Å²) in [4.78, 5) is 11.8. The lowest BCUT2D eigenvalue weighted by Gasteiger charge is -2.19. The molecule has 2 aromatic heterocycles. The zero-order chi connectivity index (χ0) is 13.1. The van der Waals surface area contributed by atoms with Crippen LogP contribution in [0.2, 0.25) is 0 Å². The first-order valence-electron chi connectivity index (χ1n) is 5.24. The van der Waals surface area contributed by atoms with Crippen LogP contribution in [-0.4, -0.2) is 24.1 Å². The average Bonchev–Trinajstić information content (AvgIpc) is 2.75. The van der Waals surface area contributed by atoms with Gasteiger partial charge in [-0.05, 0) is 37.9 Å². The lowest BCUT2D eigenvalue weighted by molar-refractivity contribution is 0.899. The van der Waals surface area contributed by atoms with E-state index in [2.05, 4.69) is 63.5 Å². The van der Waals surface area contributed by atoms with E-state index in [0.717, 1.165) is 27.1 Å². The zero-order valence-corrected chi connectivity index (χ0v) is 13.9. The van der Waals surface area contributed by atoms with Crippen molar-refractivity contribution in [2.75, 3.05) is 24.3 Å². The molecule has 2 heterocycles. The summed E-state index contributed by atoms with van der Waals surface area (Å²) in [7, 11) is 3.85. The van der Waals surface area contributed by atoms with Gasteiger partial charge in [-0.15, -0.1) is 11.3 Å². The number of halogens is 2. The second-order valence-electron chi connectivity index (χ2n) is 3.70. The monoisotopic (exact) mass is 390 g/mol. The van der Waals surface area contributed by atoms with Gasteiger partial charge in [0, 0.05) is 28.8 Å². The van der Waals surface area contributed by atoms with Crippen molar-refractivity contribution in [2.24, 2.45) is 0 Å². The number of hydrogen-bond donors (Lipinski definition) is 1. The quantitative estimate of drug-likeness (QED) is 0.861. The summed E-state index contributed by atoms with van der Waals surface area (Å²) in [6.45, 7) is 0.815. The number of rotatable bonds is 4. The fourth-order valence-electron chi connectivity index (χ4n) is 1.55. The predicted octanol–water partition coefficient (Wildman–Crippen LogP) is 3.74. The number of nitrogens with one attached hydrogen (secondary N) is 1. The molecule has 0 radical (unpaired) electrons. The summed E-state index contributed by atoms with van der Waals surface area (Å²) >= 11 is 8.71. The Labute approximate surface area is 127 Å². The van der Waals surface area contributed by atoms with Crippen LogP contribution in [-0.2, 0) is 6.54 Å². The maximum atomic E-state index is 4.31. The molecule has 2 aromatic rings. The average molecular weight is 392 g/mol. The van der Waals surface area contributed by atoms with Gasteiger partial charge in [0.1, 0.15) is 22.4 Å². The van der Waals surface area contributed by atoms with E-state index in [-0.39, 0.29) is 0 Å². The Hall–Kier alpha value is -0.660. The molecule has 0 amide bonds. The van der Waals surface area contributed by atoms with Gasteiger partial charge >= 0.3 is 0 Å². The van der Waals surface area contributed by atoms with Crippen LogP contribution in [0.4, 0.5) is 11.6 Å². The fourth-order valence-corrected chi connectivity index (χ4v) is 3.76. The first-order chi connectivity index (χ1) is 8.61. The van der Waals surface area contributed by atoms with Crippen molar-refractivity contribution < 1.29 is 0 Å². The molecule has 0 aliphatic heterocycles. The molecule has 0 unspecified atom stereocenters. The molecule has 4 nitrogen and oxygen atoms in total. The van der Waals surface area contributed by atoms with Gasteiger partial charge in [-0.25, -0.2) is 9.97 Å². The lowest BCUT2D eigenvalue weighted by atomic mass is 10.4. The van der Waals surface area contributed by atoms with E-state index < -0.39 is 0 Å². The molecule has 0 bridgehead atoms. The van der Waals surface area contributed by atoms with Gasteiger partial charge in [-0.1, -0.05) is 0 Å². The molecule has 0 saturated carbocycles. The Balaban J connectivity index is 2.21. The van der Waals surface area contributed by atoms with Gasteiger partial charge in [0.15, 0.2) is 0 Å². The molecule has 0 saturated heterocycles. The third-order valence-electron chi connectivity index (χ3n) is 2.38. The van der Waals surface area contributed by atoms with E-state index in [1.54, 1.807) is 17.7 Å². The van der Waals surface area contributed by atoms with E-state index in [4.69, 9.17) is 0 Å². The maximum Gasteiger partial charge on any atom is 0.148 e. The smallest absolute Gasteiger partial charge is 0.148 e. The minimum absolute atomic E-state index is 0.791. The highest BCUT2D eigenvalue weighted by Crippen LogP contribution is 2.30. The molecule has 18 heavy (non-hydrogen) atoms. The Kier molecular flexibility index (Phi) is 4.58. The van der Waals surface area contributed by atoms with Crippen LogP contribution in [0.25, 0.3) is 0 Å². The van der Waals surface area contributed by atoms with Crippen molar-refractivity contribution in [3.05, 3.63) is 31.6 Å². The van der Waals surface area contributed by atoms with Gasteiger partial charge < -0.3 is 10.2 Å².